The van der Waals surface area contributed by atoms with Gasteiger partial charge in [0.05, 0.1) is 11.6 Å². The van der Waals surface area contributed by atoms with Gasteiger partial charge < -0.3 is 15.5 Å². The van der Waals surface area contributed by atoms with Gasteiger partial charge in [0, 0.05) is 36.5 Å². The summed E-state index contributed by atoms with van der Waals surface area (Å²) in [5.41, 5.74) is 1.99. The maximum Gasteiger partial charge on any atom is 0.225 e. The van der Waals surface area contributed by atoms with Crippen LogP contribution in [0.15, 0.2) is 48.5 Å². The molecular weight excluding hydrogens is 422 g/mol. The Bertz CT molecular complexity index is 1080. The quantitative estimate of drug-likeness (QED) is 0.539. The normalized spacial score (nSPS) is 19.4. The topological polar surface area (TPSA) is 70.2 Å². The van der Waals surface area contributed by atoms with Crippen molar-refractivity contribution in [2.24, 2.45) is 5.92 Å². The smallest absolute Gasteiger partial charge is 0.225 e. The van der Waals surface area contributed by atoms with Crippen molar-refractivity contribution in [2.45, 2.75) is 44.7 Å². The molecule has 1 atom stereocenters. The van der Waals surface area contributed by atoms with E-state index in [4.69, 9.17) is 21.6 Å². The third-order valence-corrected chi connectivity index (χ3v) is 6.42. The molecular formula is C25H30ClN5O. The van der Waals surface area contributed by atoms with Crippen LogP contribution in [0.2, 0.25) is 5.02 Å². The first-order valence-corrected chi connectivity index (χ1v) is 11.5. The Labute approximate surface area is 194 Å². The molecule has 6 nitrogen and oxygen atoms in total. The molecule has 3 aromatic rings. The molecule has 1 fully saturated rings. The summed E-state index contributed by atoms with van der Waals surface area (Å²) in [6.07, 6.45) is 3.54. The van der Waals surface area contributed by atoms with Crippen molar-refractivity contribution in [3.63, 3.8) is 0 Å². The van der Waals surface area contributed by atoms with Gasteiger partial charge in [0.25, 0.3) is 0 Å². The second-order valence-corrected chi connectivity index (χ2v) is 9.19. The summed E-state index contributed by atoms with van der Waals surface area (Å²) >= 11 is 5.96. The Balaban J connectivity index is 1.35. The lowest BCUT2D eigenvalue weighted by Crippen LogP contribution is -2.37. The fraction of sp³-hybridized carbons (Fsp3) is 0.400. The van der Waals surface area contributed by atoms with Crippen molar-refractivity contribution in [3.05, 3.63) is 59.1 Å². The van der Waals surface area contributed by atoms with Gasteiger partial charge in [0.15, 0.2) is 0 Å². The zero-order chi connectivity index (χ0) is 22.7. The highest BCUT2D eigenvalue weighted by Crippen LogP contribution is 2.29. The Morgan fingerprint density at radius 1 is 1.03 bits per heavy atom. The van der Waals surface area contributed by atoms with Gasteiger partial charge in [-0.05, 0) is 62.4 Å². The molecule has 168 valence electrons. The maximum absolute atomic E-state index is 12.8. The number of carbonyl (C=O) groups is 1. The number of rotatable bonds is 6. The van der Waals surface area contributed by atoms with Crippen molar-refractivity contribution >= 4 is 40.2 Å². The minimum atomic E-state index is -0.0360. The van der Waals surface area contributed by atoms with Crippen LogP contribution >= 0.6 is 11.6 Å². The van der Waals surface area contributed by atoms with E-state index in [1.807, 2.05) is 74.4 Å². The van der Waals surface area contributed by atoms with Gasteiger partial charge >= 0.3 is 0 Å². The molecule has 0 unspecified atom stereocenters. The van der Waals surface area contributed by atoms with Gasteiger partial charge in [0.1, 0.15) is 5.82 Å². The molecule has 0 spiro atoms. The lowest BCUT2D eigenvalue weighted by Gasteiger charge is -2.29. The fourth-order valence-electron chi connectivity index (χ4n) is 4.31. The molecule has 1 aromatic heterocycles. The Morgan fingerprint density at radius 2 is 1.72 bits per heavy atom. The van der Waals surface area contributed by atoms with E-state index in [9.17, 15) is 4.79 Å². The van der Waals surface area contributed by atoms with E-state index in [2.05, 4.69) is 10.6 Å². The highest BCUT2D eigenvalue weighted by molar-refractivity contribution is 6.30. The number of para-hydroxylation sites is 1. The number of hydrogen-bond acceptors (Lipinski definition) is 5. The zero-order valence-electron chi connectivity index (χ0n) is 18.8. The maximum atomic E-state index is 12.8. The summed E-state index contributed by atoms with van der Waals surface area (Å²) in [6, 6.07) is 15.9. The molecule has 1 aliphatic rings. The molecule has 1 saturated carbocycles. The molecule has 1 heterocycles. The molecule has 1 amide bonds. The van der Waals surface area contributed by atoms with Gasteiger partial charge in [-0.3, -0.25) is 4.79 Å². The van der Waals surface area contributed by atoms with Crippen LogP contribution in [0.3, 0.4) is 0 Å². The number of benzene rings is 2. The van der Waals surface area contributed by atoms with Crippen molar-refractivity contribution in [2.75, 3.05) is 24.3 Å². The number of fused-ring (bicyclic) bond motifs is 1. The summed E-state index contributed by atoms with van der Waals surface area (Å²) in [4.78, 5) is 24.3. The first kappa shape index (κ1) is 22.3. The fourth-order valence-corrected chi connectivity index (χ4v) is 4.44. The number of carbonyl (C=O) groups excluding carboxylic acids is 1. The van der Waals surface area contributed by atoms with Crippen LogP contribution in [0.25, 0.3) is 10.9 Å². The average molecular weight is 452 g/mol. The molecule has 2 aromatic carbocycles. The second kappa shape index (κ2) is 9.74. The summed E-state index contributed by atoms with van der Waals surface area (Å²) < 4.78 is 0. The molecule has 32 heavy (non-hydrogen) atoms. The SMILES string of the molecule is C[C@@H](NC(=O)C1CCC(Nc2nc(N(C)C)c3ccccc3n2)CC1)c1ccc(Cl)cc1. The van der Waals surface area contributed by atoms with Crippen LogP contribution in [-0.4, -0.2) is 36.0 Å². The number of amides is 1. The Kier molecular flexibility index (Phi) is 6.80. The number of aromatic nitrogens is 2. The lowest BCUT2D eigenvalue weighted by molar-refractivity contribution is -0.126. The number of anilines is 2. The van der Waals surface area contributed by atoms with Crippen LogP contribution in [-0.2, 0) is 4.79 Å². The van der Waals surface area contributed by atoms with Crippen molar-refractivity contribution in [1.82, 2.24) is 15.3 Å². The van der Waals surface area contributed by atoms with E-state index >= 15 is 0 Å². The summed E-state index contributed by atoms with van der Waals surface area (Å²) in [7, 11) is 3.99. The minimum Gasteiger partial charge on any atom is -0.362 e. The van der Waals surface area contributed by atoms with Crippen molar-refractivity contribution in [3.8, 4) is 0 Å². The number of nitrogens with zero attached hydrogens (tertiary/aromatic N) is 3. The van der Waals surface area contributed by atoms with Gasteiger partial charge in [-0.15, -0.1) is 0 Å². The predicted octanol–water partition coefficient (Wildman–Crippen LogP) is 5.20. The third kappa shape index (κ3) is 5.13. The van der Waals surface area contributed by atoms with E-state index in [1.54, 1.807) is 0 Å². The summed E-state index contributed by atoms with van der Waals surface area (Å²) in [5, 5.41) is 8.40. The first-order valence-electron chi connectivity index (χ1n) is 11.2. The number of nitrogens with one attached hydrogen (secondary N) is 2. The molecule has 4 rings (SSSR count). The highest BCUT2D eigenvalue weighted by atomic mass is 35.5. The molecule has 0 aliphatic heterocycles. The van der Waals surface area contributed by atoms with Crippen molar-refractivity contribution < 1.29 is 4.79 Å². The largest absolute Gasteiger partial charge is 0.362 e. The monoisotopic (exact) mass is 451 g/mol. The molecule has 0 radical (unpaired) electrons. The zero-order valence-corrected chi connectivity index (χ0v) is 19.6. The second-order valence-electron chi connectivity index (χ2n) is 8.76. The third-order valence-electron chi connectivity index (χ3n) is 6.17. The summed E-state index contributed by atoms with van der Waals surface area (Å²) in [6.45, 7) is 2.01. The van der Waals surface area contributed by atoms with Crippen LogP contribution in [0.5, 0.6) is 0 Å². The first-order chi connectivity index (χ1) is 15.4. The van der Waals surface area contributed by atoms with Crippen LogP contribution < -0.4 is 15.5 Å². The minimum absolute atomic E-state index is 0.0360. The van der Waals surface area contributed by atoms with E-state index in [0.717, 1.165) is 48.0 Å². The number of halogens is 1. The van der Waals surface area contributed by atoms with Gasteiger partial charge in [-0.25, -0.2) is 4.98 Å². The predicted molar refractivity (Wildman–Crippen MR) is 131 cm³/mol. The van der Waals surface area contributed by atoms with Crippen LogP contribution in [0.4, 0.5) is 11.8 Å². The van der Waals surface area contributed by atoms with E-state index < -0.39 is 0 Å². The Morgan fingerprint density at radius 3 is 2.41 bits per heavy atom. The standard InChI is InChI=1S/C25H30ClN5O/c1-16(17-8-12-19(26)13-9-17)27-24(32)18-10-14-20(15-11-18)28-25-29-22-7-5-4-6-21(22)23(30-25)31(2)3/h4-9,12-13,16,18,20H,10-11,14-15H2,1-3H3,(H,27,32)(H,28,29,30)/t16-,18?,20?/m1/s1. The van der Waals surface area contributed by atoms with Crippen LogP contribution in [0, 0.1) is 5.92 Å². The summed E-state index contributed by atoms with van der Waals surface area (Å²) in [5.74, 6) is 1.72. The molecule has 7 heteroatoms. The van der Waals surface area contributed by atoms with E-state index in [1.165, 1.54) is 0 Å². The average Bonchev–Trinajstić information content (AvgIpc) is 2.79. The number of hydrogen-bond donors (Lipinski definition) is 2. The Hall–Kier alpha value is -2.86. The molecule has 0 bridgehead atoms. The lowest BCUT2D eigenvalue weighted by atomic mass is 9.85. The highest BCUT2D eigenvalue weighted by Gasteiger charge is 2.27. The van der Waals surface area contributed by atoms with Crippen LogP contribution in [0.1, 0.15) is 44.2 Å². The van der Waals surface area contributed by atoms with Gasteiger partial charge in [-0.1, -0.05) is 35.9 Å². The van der Waals surface area contributed by atoms with Crippen molar-refractivity contribution in [1.29, 1.82) is 0 Å². The molecule has 1 aliphatic carbocycles. The molecule has 2 N–H and O–H groups in total. The molecule has 0 saturated heterocycles. The van der Waals surface area contributed by atoms with Gasteiger partial charge in [0.2, 0.25) is 11.9 Å². The van der Waals surface area contributed by atoms with Gasteiger partial charge in [-0.2, -0.15) is 4.98 Å². The van der Waals surface area contributed by atoms with E-state index in [0.29, 0.717) is 11.0 Å². The van der Waals surface area contributed by atoms with E-state index in [-0.39, 0.29) is 23.9 Å².